The summed E-state index contributed by atoms with van der Waals surface area (Å²) in [6, 6.07) is 1.11. The zero-order chi connectivity index (χ0) is 13.9. The number of hydrogen-bond acceptors (Lipinski definition) is 3. The lowest BCUT2D eigenvalue weighted by atomic mass is 9.98. The van der Waals surface area contributed by atoms with Gasteiger partial charge in [-0.15, -0.1) is 0 Å². The zero-order valence-corrected chi connectivity index (χ0v) is 12.5. The van der Waals surface area contributed by atoms with E-state index in [4.69, 9.17) is 4.74 Å². The maximum absolute atomic E-state index is 11.7. The molecular formula is C15H28N2O2. The molecule has 2 N–H and O–H groups in total. The van der Waals surface area contributed by atoms with Gasteiger partial charge >= 0.3 is 6.09 Å². The van der Waals surface area contributed by atoms with Crippen LogP contribution in [0.3, 0.4) is 0 Å². The van der Waals surface area contributed by atoms with E-state index in [2.05, 4.69) is 10.6 Å². The summed E-state index contributed by atoms with van der Waals surface area (Å²) < 4.78 is 5.29. The van der Waals surface area contributed by atoms with E-state index in [0.717, 1.165) is 5.92 Å². The second kappa shape index (κ2) is 6.12. The van der Waals surface area contributed by atoms with Crippen LogP contribution in [0.15, 0.2) is 0 Å². The standard InChI is InChI=1S/C15H28N2O2/c1-15(2,3)19-14(18)16-10-13(17-12-8-9-12)11-6-4-5-7-11/h11-13,17H,4-10H2,1-3H3,(H,16,18). The summed E-state index contributed by atoms with van der Waals surface area (Å²) in [7, 11) is 0. The third kappa shape index (κ3) is 5.39. The minimum Gasteiger partial charge on any atom is -0.444 e. The van der Waals surface area contributed by atoms with Crippen LogP contribution < -0.4 is 10.6 Å². The molecule has 2 aliphatic rings. The molecule has 2 saturated carbocycles. The molecule has 0 radical (unpaired) electrons. The fraction of sp³-hybridized carbons (Fsp3) is 0.933. The Morgan fingerprint density at radius 2 is 1.84 bits per heavy atom. The monoisotopic (exact) mass is 268 g/mol. The third-order valence-electron chi connectivity index (χ3n) is 3.86. The van der Waals surface area contributed by atoms with Crippen molar-refractivity contribution in [3.63, 3.8) is 0 Å². The van der Waals surface area contributed by atoms with E-state index in [1.165, 1.54) is 38.5 Å². The van der Waals surface area contributed by atoms with Gasteiger partial charge in [0.1, 0.15) is 5.60 Å². The van der Waals surface area contributed by atoms with Crippen molar-refractivity contribution in [1.82, 2.24) is 10.6 Å². The number of amides is 1. The Morgan fingerprint density at radius 3 is 2.37 bits per heavy atom. The van der Waals surface area contributed by atoms with Crippen LogP contribution in [0.4, 0.5) is 4.79 Å². The first-order valence-electron chi connectivity index (χ1n) is 7.67. The number of ether oxygens (including phenoxy) is 1. The fourth-order valence-corrected chi connectivity index (χ4v) is 2.78. The predicted molar refractivity (Wildman–Crippen MR) is 76.1 cm³/mol. The third-order valence-corrected chi connectivity index (χ3v) is 3.86. The second-order valence-electron chi connectivity index (χ2n) is 6.97. The Hall–Kier alpha value is -0.770. The average Bonchev–Trinajstić information content (AvgIpc) is 2.93. The van der Waals surface area contributed by atoms with Gasteiger partial charge in [-0.1, -0.05) is 12.8 Å². The van der Waals surface area contributed by atoms with E-state index in [0.29, 0.717) is 18.6 Å². The smallest absolute Gasteiger partial charge is 0.407 e. The molecule has 0 heterocycles. The molecule has 0 spiro atoms. The molecule has 0 aromatic heterocycles. The second-order valence-corrected chi connectivity index (χ2v) is 6.97. The first-order chi connectivity index (χ1) is 8.94. The van der Waals surface area contributed by atoms with Crippen LogP contribution in [-0.2, 0) is 4.74 Å². The molecule has 19 heavy (non-hydrogen) atoms. The number of hydrogen-bond donors (Lipinski definition) is 2. The molecule has 0 aromatic carbocycles. The average molecular weight is 268 g/mol. The summed E-state index contributed by atoms with van der Waals surface area (Å²) in [5.74, 6) is 0.718. The lowest BCUT2D eigenvalue weighted by molar-refractivity contribution is 0.0518. The summed E-state index contributed by atoms with van der Waals surface area (Å²) in [6.45, 7) is 6.37. The van der Waals surface area contributed by atoms with Gasteiger partial charge in [-0.2, -0.15) is 0 Å². The lowest BCUT2D eigenvalue weighted by Gasteiger charge is -2.26. The molecule has 110 valence electrons. The van der Waals surface area contributed by atoms with Crippen LogP contribution in [-0.4, -0.2) is 30.3 Å². The first-order valence-corrected chi connectivity index (χ1v) is 7.67. The van der Waals surface area contributed by atoms with Gasteiger partial charge in [-0.25, -0.2) is 4.79 Å². The Morgan fingerprint density at radius 1 is 1.21 bits per heavy atom. The maximum Gasteiger partial charge on any atom is 0.407 e. The molecule has 4 nitrogen and oxygen atoms in total. The Kier molecular flexibility index (Phi) is 4.71. The number of carbonyl (C=O) groups excluding carboxylic acids is 1. The van der Waals surface area contributed by atoms with E-state index < -0.39 is 5.60 Å². The quantitative estimate of drug-likeness (QED) is 0.806. The summed E-state index contributed by atoms with van der Waals surface area (Å²) >= 11 is 0. The van der Waals surface area contributed by atoms with Gasteiger partial charge < -0.3 is 15.4 Å². The van der Waals surface area contributed by atoms with Gasteiger partial charge in [0.15, 0.2) is 0 Å². The summed E-state index contributed by atoms with van der Waals surface area (Å²) in [5, 5.41) is 6.61. The maximum atomic E-state index is 11.7. The van der Waals surface area contributed by atoms with E-state index in [1.54, 1.807) is 0 Å². The normalized spacial score (nSPS) is 22.3. The topological polar surface area (TPSA) is 50.4 Å². The van der Waals surface area contributed by atoms with Crippen molar-refractivity contribution in [1.29, 1.82) is 0 Å². The zero-order valence-electron chi connectivity index (χ0n) is 12.5. The predicted octanol–water partition coefficient (Wildman–Crippen LogP) is 2.82. The molecule has 1 atom stereocenters. The molecule has 0 bridgehead atoms. The molecule has 0 saturated heterocycles. The van der Waals surface area contributed by atoms with Crippen LogP contribution in [0.5, 0.6) is 0 Å². The molecule has 2 aliphatic carbocycles. The van der Waals surface area contributed by atoms with Crippen molar-refractivity contribution in [2.45, 2.75) is 77.0 Å². The van der Waals surface area contributed by atoms with Gasteiger partial charge in [-0.3, -0.25) is 0 Å². The number of nitrogens with one attached hydrogen (secondary N) is 2. The fourth-order valence-electron chi connectivity index (χ4n) is 2.78. The minimum atomic E-state index is -0.420. The number of alkyl carbamates (subject to hydrolysis) is 1. The Labute approximate surface area is 116 Å². The highest BCUT2D eigenvalue weighted by molar-refractivity contribution is 5.67. The number of rotatable bonds is 5. The van der Waals surface area contributed by atoms with Crippen molar-refractivity contribution in [2.75, 3.05) is 6.54 Å². The highest BCUT2D eigenvalue weighted by atomic mass is 16.6. The number of carbonyl (C=O) groups is 1. The SMILES string of the molecule is CC(C)(C)OC(=O)NCC(NC1CC1)C1CCCC1. The summed E-state index contributed by atoms with van der Waals surface area (Å²) in [5.41, 5.74) is -0.420. The van der Waals surface area contributed by atoms with Crippen LogP contribution in [0.1, 0.15) is 59.3 Å². The van der Waals surface area contributed by atoms with Crippen LogP contribution in [0, 0.1) is 5.92 Å². The van der Waals surface area contributed by atoms with E-state index in [9.17, 15) is 4.79 Å². The summed E-state index contributed by atoms with van der Waals surface area (Å²) in [4.78, 5) is 11.7. The van der Waals surface area contributed by atoms with E-state index in [-0.39, 0.29) is 6.09 Å². The lowest BCUT2D eigenvalue weighted by Crippen LogP contribution is -2.46. The first kappa shape index (κ1) is 14.6. The van der Waals surface area contributed by atoms with Crippen molar-refractivity contribution in [3.05, 3.63) is 0 Å². The van der Waals surface area contributed by atoms with Crippen molar-refractivity contribution < 1.29 is 9.53 Å². The van der Waals surface area contributed by atoms with E-state index >= 15 is 0 Å². The molecule has 2 rings (SSSR count). The van der Waals surface area contributed by atoms with Crippen LogP contribution >= 0.6 is 0 Å². The van der Waals surface area contributed by atoms with Crippen LogP contribution in [0.25, 0.3) is 0 Å². The summed E-state index contributed by atoms with van der Waals surface area (Å²) in [6.07, 6.45) is 7.53. The molecule has 4 heteroatoms. The van der Waals surface area contributed by atoms with Gasteiger partial charge in [0, 0.05) is 18.6 Å². The molecule has 0 aliphatic heterocycles. The van der Waals surface area contributed by atoms with Gasteiger partial charge in [0.05, 0.1) is 0 Å². The Balaban J connectivity index is 1.76. The largest absolute Gasteiger partial charge is 0.444 e. The van der Waals surface area contributed by atoms with Gasteiger partial charge in [-0.05, 0) is 52.4 Å². The molecule has 1 unspecified atom stereocenters. The molecule has 0 aromatic rings. The molecule has 1 amide bonds. The van der Waals surface area contributed by atoms with Crippen molar-refractivity contribution >= 4 is 6.09 Å². The highest BCUT2D eigenvalue weighted by Crippen LogP contribution is 2.30. The molecule has 2 fully saturated rings. The van der Waals surface area contributed by atoms with Crippen LogP contribution in [0.2, 0.25) is 0 Å². The van der Waals surface area contributed by atoms with Gasteiger partial charge in [0.2, 0.25) is 0 Å². The highest BCUT2D eigenvalue weighted by Gasteiger charge is 2.31. The minimum absolute atomic E-state index is 0.298. The Bertz CT molecular complexity index is 302. The van der Waals surface area contributed by atoms with Gasteiger partial charge in [0.25, 0.3) is 0 Å². The van der Waals surface area contributed by atoms with Crippen molar-refractivity contribution in [3.8, 4) is 0 Å². The molecular weight excluding hydrogens is 240 g/mol. The van der Waals surface area contributed by atoms with E-state index in [1.807, 2.05) is 20.8 Å². The van der Waals surface area contributed by atoms with Crippen molar-refractivity contribution in [2.24, 2.45) is 5.92 Å².